The number of carbonyl (C=O) groups excluding carboxylic acids is 5. The second kappa shape index (κ2) is 38.9. The fourth-order valence-electron chi connectivity index (χ4n) is 8.63. The van der Waals surface area contributed by atoms with Crippen LogP contribution in [0.25, 0.3) is 41.8 Å². The molecule has 0 unspecified atom stereocenters. The van der Waals surface area contributed by atoms with Crippen LogP contribution < -0.4 is 21.7 Å². The van der Waals surface area contributed by atoms with Crippen LogP contribution in [0.5, 0.6) is 0 Å². The number of nitrogens with two attached hydrogens (primary N) is 1. The highest BCUT2D eigenvalue weighted by Gasteiger charge is 2.45. The average Bonchev–Trinajstić information content (AvgIpc) is 2.25. The third-order valence-electron chi connectivity index (χ3n) is 13.3. The van der Waals surface area contributed by atoms with E-state index < -0.39 is 74.2 Å². The zero-order valence-electron chi connectivity index (χ0n) is 50.5. The van der Waals surface area contributed by atoms with Gasteiger partial charge in [0.15, 0.2) is 0 Å². The van der Waals surface area contributed by atoms with Gasteiger partial charge in [0.05, 0.1) is 63.6 Å². The number of benzene rings is 2. The number of nitrogens with one attached hydrogen (secondary N) is 3. The topological polar surface area (TPSA) is 400 Å². The number of aromatic nitrogens is 2. The van der Waals surface area contributed by atoms with Crippen LogP contribution in [-0.2, 0) is 65.3 Å². The molecule has 4 aromatic rings. The maximum absolute atomic E-state index is 13.6. The third-order valence-corrected chi connectivity index (χ3v) is 15.2. The number of nitrogens with zero attached hydrogens (tertiary/aromatic N) is 10. The summed E-state index contributed by atoms with van der Waals surface area (Å²) in [6, 6.07) is 12.5. The third kappa shape index (κ3) is 27.2. The molecular formula is C56H80Cl2N14O13S3. The first-order valence-corrected chi connectivity index (χ1v) is 32.4. The van der Waals surface area contributed by atoms with E-state index in [9.17, 15) is 39.0 Å². The van der Waals surface area contributed by atoms with Crippen LogP contribution in [0.4, 0.5) is 0 Å². The van der Waals surface area contributed by atoms with Crippen LogP contribution in [0.3, 0.4) is 0 Å². The minimum Gasteiger partial charge on any atom is -0.480 e. The first kappa shape index (κ1) is 75.9. The van der Waals surface area contributed by atoms with Gasteiger partial charge in [0.25, 0.3) is 0 Å². The number of halogens is 2. The van der Waals surface area contributed by atoms with Crippen LogP contribution in [0, 0.1) is 24.7 Å². The Morgan fingerprint density at radius 3 is 1.49 bits per heavy atom. The summed E-state index contributed by atoms with van der Waals surface area (Å²) < 4.78 is 23.8. The Morgan fingerprint density at radius 1 is 0.739 bits per heavy atom. The molecule has 5 heterocycles. The van der Waals surface area contributed by atoms with Crippen molar-refractivity contribution in [3.63, 3.8) is 0 Å². The largest absolute Gasteiger partial charge is 0.480 e. The molecule has 0 radical (unpaired) electrons. The number of rotatable bonds is 21. The lowest BCUT2D eigenvalue weighted by Gasteiger charge is -2.35. The summed E-state index contributed by atoms with van der Waals surface area (Å²) in [4.78, 5) is 93.2. The zero-order valence-corrected chi connectivity index (χ0v) is 54.5. The summed E-state index contributed by atoms with van der Waals surface area (Å²) in [7, 11) is 7.36. The van der Waals surface area contributed by atoms with Crippen molar-refractivity contribution in [2.24, 2.45) is 26.8 Å². The molecule has 0 bridgehead atoms. The van der Waals surface area contributed by atoms with Crippen molar-refractivity contribution in [2.75, 3.05) is 65.8 Å². The van der Waals surface area contributed by atoms with E-state index in [1.54, 1.807) is 49.0 Å². The number of amides is 5. The Balaban J connectivity index is 0.000000360. The number of ether oxygens (including phenoxy) is 3. The Labute approximate surface area is 531 Å². The van der Waals surface area contributed by atoms with Gasteiger partial charge in [0.2, 0.25) is 38.8 Å². The predicted octanol–water partition coefficient (Wildman–Crippen LogP) is 6.86. The van der Waals surface area contributed by atoms with Gasteiger partial charge in [-0.1, -0.05) is 100 Å². The molecular weight excluding hydrogens is 1240 g/mol. The van der Waals surface area contributed by atoms with E-state index in [1.165, 1.54) is 22.6 Å². The van der Waals surface area contributed by atoms with E-state index in [-0.39, 0.29) is 89.7 Å². The smallest absolute Gasteiger partial charge is 0.329 e. The zero-order chi connectivity index (χ0) is 65.6. The standard InChI is InChI=1S/C26H35N7O5S.C22H30N4O3S.C4H7N3O3.C4H8O.Cl2OS/c1-16-22(39-15-29-16)18-7-5-17(6-8-18)12-28-24(36)20-11-19(34)13-33(20)25(37)23(26(2,3)4)31-21(35)14-38-10-9-30-32-27;1-13-18(30-12-25-13)15-7-5-14(6-8-15)10-24-20(28)17-9-16(27)11-26(17)21(29)19(23)22(2,3)4;5-7-6-1-2-10-3-4(8)9;1-2-4-5-3-1;1-4(2)3/h5-8,15,19-20,23,34H,9-14H2,1-4H3,(H,28,36)(H,31,35);5-8,12,16-17,19,27H,9-11,23H2,1-4H3,(H,24,28);1-3H2,(H,8,9);1-4H2;/t19-,20+,23-;16-,17+,19-;;;/m11.../s1. The molecule has 3 fully saturated rings. The lowest BCUT2D eigenvalue weighted by molar-refractivity contribution is -0.144. The van der Waals surface area contributed by atoms with E-state index in [1.807, 2.05) is 88.7 Å². The first-order valence-electron chi connectivity index (χ1n) is 27.9. The summed E-state index contributed by atoms with van der Waals surface area (Å²) in [5.41, 5.74) is 30.7. The quantitative estimate of drug-likeness (QED) is 0.0147. The van der Waals surface area contributed by atoms with Crippen LogP contribution in [0.15, 0.2) is 69.8 Å². The fourth-order valence-corrected chi connectivity index (χ4v) is 10.3. The van der Waals surface area contributed by atoms with Crippen molar-refractivity contribution in [3.05, 3.63) is 103 Å². The van der Waals surface area contributed by atoms with Crippen molar-refractivity contribution in [3.8, 4) is 20.9 Å². The first-order chi connectivity index (χ1) is 41.6. The molecule has 6 atom stereocenters. The maximum atomic E-state index is 13.6. The number of hydrogen-bond acceptors (Lipinski definition) is 19. The van der Waals surface area contributed by atoms with Crippen molar-refractivity contribution in [1.82, 2.24) is 35.7 Å². The summed E-state index contributed by atoms with van der Waals surface area (Å²) >= 11 is 3.17. The number of hydrogen-bond donors (Lipinski definition) is 7. The molecule has 3 aliphatic rings. The van der Waals surface area contributed by atoms with Gasteiger partial charge in [0, 0.05) is 96.5 Å². The van der Waals surface area contributed by atoms with Crippen molar-refractivity contribution < 1.29 is 62.5 Å². The predicted molar refractivity (Wildman–Crippen MR) is 337 cm³/mol. The number of aliphatic carboxylic acids is 1. The number of carboxylic acids is 1. The number of aryl methyl sites for hydroxylation is 2. The number of aliphatic hydroxyl groups excluding tert-OH is 2. The molecule has 2 aromatic heterocycles. The second-order valence-electron chi connectivity index (χ2n) is 22.3. The number of thiazole rings is 2. The number of β-amino-alcohol motifs (C(OH)–C–C–N with tert-alkyl or cyclic N) is 2. The highest BCUT2D eigenvalue weighted by atomic mass is 36.0. The monoisotopic (exact) mass is 1320 g/mol. The average molecular weight is 1320 g/mol. The lowest BCUT2D eigenvalue weighted by Crippen LogP contribution is -2.58. The van der Waals surface area contributed by atoms with Crippen LogP contribution in [0.1, 0.15) is 89.7 Å². The van der Waals surface area contributed by atoms with Gasteiger partial charge >= 0.3 is 5.97 Å². The number of azide groups is 2. The minimum absolute atomic E-state index is 0.00900. The molecule has 2 aromatic carbocycles. The summed E-state index contributed by atoms with van der Waals surface area (Å²) in [6.07, 6.45) is 1.30. The molecule has 7 rings (SSSR count). The Bertz CT molecular complexity index is 2970. The van der Waals surface area contributed by atoms with Crippen molar-refractivity contribution >= 4 is 88.8 Å². The number of aliphatic hydroxyl groups is 2. The van der Waals surface area contributed by atoms with Gasteiger partial charge in [-0.05, 0) is 70.8 Å². The minimum atomic E-state index is -1.67. The highest BCUT2D eigenvalue weighted by molar-refractivity contribution is 8.26. The second-order valence-corrected chi connectivity index (χ2v) is 26.5. The summed E-state index contributed by atoms with van der Waals surface area (Å²) in [6.45, 7) is 17.6. The molecule has 5 amide bonds. The molecule has 484 valence electrons. The number of likely N-dealkylation sites (tertiary alicyclic amines) is 2. The van der Waals surface area contributed by atoms with Crippen LogP contribution >= 0.6 is 44.0 Å². The normalized spacial score (nSPS) is 17.5. The molecule has 3 aliphatic heterocycles. The van der Waals surface area contributed by atoms with Gasteiger partial charge in [-0.3, -0.25) is 24.0 Å². The molecule has 3 saturated heterocycles. The molecule has 0 aliphatic carbocycles. The molecule has 32 heteroatoms. The molecule has 27 nitrogen and oxygen atoms in total. The van der Waals surface area contributed by atoms with Gasteiger partial charge in [0.1, 0.15) is 31.3 Å². The van der Waals surface area contributed by atoms with E-state index in [4.69, 9.17) is 35.6 Å². The van der Waals surface area contributed by atoms with E-state index in [0.717, 1.165) is 56.6 Å². The van der Waals surface area contributed by atoms with Gasteiger partial charge < -0.3 is 61.0 Å². The molecule has 0 saturated carbocycles. The van der Waals surface area contributed by atoms with Gasteiger partial charge in [-0.15, -0.1) is 22.7 Å². The van der Waals surface area contributed by atoms with Crippen LogP contribution in [-0.4, -0.2) is 177 Å². The summed E-state index contributed by atoms with van der Waals surface area (Å²) in [5.74, 6) is -2.94. The van der Waals surface area contributed by atoms with E-state index in [0.29, 0.717) is 6.54 Å². The highest BCUT2D eigenvalue weighted by Crippen LogP contribution is 2.30. The molecule has 8 N–H and O–H groups in total. The van der Waals surface area contributed by atoms with Crippen LogP contribution in [0.2, 0.25) is 0 Å². The Morgan fingerprint density at radius 2 is 1.15 bits per heavy atom. The Hall–Kier alpha value is -6.37. The van der Waals surface area contributed by atoms with Crippen molar-refractivity contribution in [1.29, 1.82) is 0 Å². The Kier molecular flexibility index (Phi) is 33.5. The lowest BCUT2D eigenvalue weighted by atomic mass is 9.85. The van der Waals surface area contributed by atoms with E-state index in [2.05, 4.69) is 72.1 Å². The van der Waals surface area contributed by atoms with Gasteiger partial charge in [-0.2, -0.15) is 0 Å². The molecule has 0 spiro atoms. The number of carboxylic acid groups (broad SMARTS) is 1. The van der Waals surface area contributed by atoms with E-state index >= 15 is 0 Å². The van der Waals surface area contributed by atoms with Crippen molar-refractivity contribution in [2.45, 2.75) is 131 Å². The maximum Gasteiger partial charge on any atom is 0.329 e. The summed E-state index contributed by atoms with van der Waals surface area (Å²) in [5, 5.41) is 43.4. The molecule has 88 heavy (non-hydrogen) atoms. The number of carbonyl (C=O) groups is 6. The fraction of sp³-hybridized carbons (Fsp3) is 0.571. The SMILES string of the molecule is C1CCOC1.Cc1ncsc1-c1ccc(CNC(=O)[C@@H]2C[C@@H](O)CN2C(=O)[C@@H](N)C(C)(C)C)cc1.Cc1ncsc1-c1ccc(CNC(=O)[C@@H]2C[C@@H](O)CN2C(=O)[C@@H](NC(=O)COCCN=[N+]=[N-])C(C)(C)C)cc1.O=S(Cl)Cl.[N-]=[N+]=NCCOCC(=O)O. The van der Waals surface area contributed by atoms with Gasteiger partial charge in [-0.25, -0.2) is 19.0 Å².